The first-order valence-electron chi connectivity index (χ1n) is 6.78. The van der Waals surface area contributed by atoms with E-state index in [2.05, 4.69) is 0 Å². The molecular formula is C17H17ClO4. The number of ether oxygens (including phenoxy) is 2. The van der Waals surface area contributed by atoms with E-state index in [1.165, 1.54) is 0 Å². The van der Waals surface area contributed by atoms with E-state index < -0.39 is 12.1 Å². The number of carbonyl (C=O) groups is 1. The minimum absolute atomic E-state index is 0.201. The van der Waals surface area contributed by atoms with Crippen LogP contribution in [0.2, 0.25) is 5.02 Å². The Morgan fingerprint density at radius 2 is 2.05 bits per heavy atom. The maximum atomic E-state index is 11.5. The topological polar surface area (TPSA) is 55.8 Å². The Balaban J connectivity index is 2.22. The molecule has 0 aliphatic carbocycles. The van der Waals surface area contributed by atoms with Crippen LogP contribution in [0.5, 0.6) is 11.5 Å². The molecule has 1 atom stereocenters. The summed E-state index contributed by atoms with van der Waals surface area (Å²) in [5.41, 5.74) is 1.82. The summed E-state index contributed by atoms with van der Waals surface area (Å²) in [4.78, 5) is 11.5. The van der Waals surface area contributed by atoms with Crippen molar-refractivity contribution in [2.45, 2.75) is 19.4 Å². The van der Waals surface area contributed by atoms with E-state index in [-0.39, 0.29) is 6.42 Å². The second-order valence-corrected chi connectivity index (χ2v) is 5.36. The van der Waals surface area contributed by atoms with E-state index >= 15 is 0 Å². The van der Waals surface area contributed by atoms with E-state index in [9.17, 15) is 9.90 Å². The normalized spacial score (nSPS) is 11.8. The molecule has 0 aliphatic rings. The van der Waals surface area contributed by atoms with Crippen LogP contribution in [0.4, 0.5) is 0 Å². The molecule has 5 heteroatoms. The number of benzene rings is 2. The highest BCUT2D eigenvalue weighted by molar-refractivity contribution is 6.30. The molecule has 2 rings (SSSR count). The predicted octanol–water partition coefficient (Wildman–Crippen LogP) is 3.73. The molecule has 0 aromatic heterocycles. The molecule has 1 N–H and O–H groups in total. The minimum atomic E-state index is -1.04. The van der Waals surface area contributed by atoms with Crippen molar-refractivity contribution in [3.63, 3.8) is 0 Å². The second kappa shape index (κ2) is 7.18. The fourth-order valence-electron chi connectivity index (χ4n) is 2.15. The van der Waals surface area contributed by atoms with Gasteiger partial charge in [-0.15, -0.1) is 0 Å². The largest absolute Gasteiger partial charge is 0.496 e. The predicted molar refractivity (Wildman–Crippen MR) is 84.9 cm³/mol. The van der Waals surface area contributed by atoms with Gasteiger partial charge in [0.2, 0.25) is 0 Å². The number of halogens is 1. The van der Waals surface area contributed by atoms with Gasteiger partial charge in [0.15, 0.2) is 6.10 Å². The number of methoxy groups -OCH3 is 1. The van der Waals surface area contributed by atoms with Crippen molar-refractivity contribution in [1.82, 2.24) is 0 Å². The molecule has 2 aromatic carbocycles. The Morgan fingerprint density at radius 1 is 1.27 bits per heavy atom. The van der Waals surface area contributed by atoms with Crippen molar-refractivity contribution >= 4 is 17.6 Å². The lowest BCUT2D eigenvalue weighted by atomic mass is 10.0. The number of carboxylic acid groups (broad SMARTS) is 1. The van der Waals surface area contributed by atoms with Gasteiger partial charge in [-0.3, -0.25) is 0 Å². The molecule has 0 spiro atoms. The molecular weight excluding hydrogens is 304 g/mol. The fraction of sp³-hybridized carbons (Fsp3) is 0.235. The number of aryl methyl sites for hydroxylation is 1. The van der Waals surface area contributed by atoms with Crippen LogP contribution in [0.15, 0.2) is 42.5 Å². The molecule has 0 saturated carbocycles. The molecule has 0 amide bonds. The Bertz CT molecular complexity index is 669. The number of carboxylic acids is 1. The van der Waals surface area contributed by atoms with E-state index in [1.807, 2.05) is 25.1 Å². The van der Waals surface area contributed by atoms with E-state index in [1.54, 1.807) is 31.4 Å². The summed E-state index contributed by atoms with van der Waals surface area (Å²) in [6, 6.07) is 12.3. The van der Waals surface area contributed by atoms with Crippen LogP contribution in [0, 0.1) is 6.92 Å². The molecule has 2 aromatic rings. The zero-order valence-electron chi connectivity index (χ0n) is 12.4. The van der Waals surface area contributed by atoms with Gasteiger partial charge >= 0.3 is 5.97 Å². The average molecular weight is 321 g/mol. The number of hydrogen-bond donors (Lipinski definition) is 1. The van der Waals surface area contributed by atoms with Crippen molar-refractivity contribution in [3.8, 4) is 11.5 Å². The molecule has 0 unspecified atom stereocenters. The summed E-state index contributed by atoms with van der Waals surface area (Å²) in [6.45, 7) is 1.94. The number of aliphatic carboxylic acids is 1. The minimum Gasteiger partial charge on any atom is -0.496 e. The van der Waals surface area contributed by atoms with Crippen LogP contribution >= 0.6 is 11.6 Å². The first kappa shape index (κ1) is 16.2. The van der Waals surface area contributed by atoms with Crippen LogP contribution in [-0.4, -0.2) is 24.3 Å². The highest BCUT2D eigenvalue weighted by atomic mass is 35.5. The van der Waals surface area contributed by atoms with Crippen LogP contribution in [0.3, 0.4) is 0 Å². The number of rotatable bonds is 6. The molecule has 0 radical (unpaired) electrons. The van der Waals surface area contributed by atoms with Gasteiger partial charge in [0.1, 0.15) is 11.5 Å². The average Bonchev–Trinajstić information content (AvgIpc) is 2.47. The first-order valence-corrected chi connectivity index (χ1v) is 7.16. The van der Waals surface area contributed by atoms with Crippen molar-refractivity contribution in [2.24, 2.45) is 0 Å². The summed E-state index contributed by atoms with van der Waals surface area (Å²) in [7, 11) is 1.56. The lowest BCUT2D eigenvalue weighted by Gasteiger charge is -2.17. The molecule has 116 valence electrons. The monoisotopic (exact) mass is 320 g/mol. The molecule has 4 nitrogen and oxygen atoms in total. The Labute approximate surface area is 134 Å². The fourth-order valence-corrected chi connectivity index (χ4v) is 2.33. The van der Waals surface area contributed by atoms with Crippen LogP contribution in [-0.2, 0) is 11.2 Å². The zero-order chi connectivity index (χ0) is 16.1. The third-order valence-corrected chi connectivity index (χ3v) is 3.43. The molecule has 22 heavy (non-hydrogen) atoms. The third-order valence-electron chi connectivity index (χ3n) is 3.19. The Hall–Kier alpha value is -2.20. The van der Waals surface area contributed by atoms with Gasteiger partial charge in [0.05, 0.1) is 7.11 Å². The van der Waals surface area contributed by atoms with E-state index in [0.29, 0.717) is 16.5 Å². The number of hydrogen-bond acceptors (Lipinski definition) is 3. The van der Waals surface area contributed by atoms with E-state index in [4.69, 9.17) is 21.1 Å². The lowest BCUT2D eigenvalue weighted by Crippen LogP contribution is -2.29. The Morgan fingerprint density at radius 3 is 2.68 bits per heavy atom. The van der Waals surface area contributed by atoms with Gasteiger partial charge in [0, 0.05) is 11.4 Å². The molecule has 0 bridgehead atoms. The van der Waals surface area contributed by atoms with Crippen molar-refractivity contribution in [2.75, 3.05) is 7.11 Å². The maximum absolute atomic E-state index is 11.5. The molecule has 0 saturated heterocycles. The molecule has 0 fully saturated rings. The summed E-state index contributed by atoms with van der Waals surface area (Å²) >= 11 is 5.89. The smallest absolute Gasteiger partial charge is 0.345 e. The van der Waals surface area contributed by atoms with Crippen LogP contribution in [0.25, 0.3) is 0 Å². The zero-order valence-corrected chi connectivity index (χ0v) is 13.1. The van der Waals surface area contributed by atoms with Gasteiger partial charge in [-0.25, -0.2) is 4.79 Å². The van der Waals surface area contributed by atoms with Crippen LogP contribution < -0.4 is 9.47 Å². The first-order chi connectivity index (χ1) is 10.5. The van der Waals surface area contributed by atoms with Crippen molar-refractivity contribution in [1.29, 1.82) is 0 Å². The highest BCUT2D eigenvalue weighted by Crippen LogP contribution is 2.24. The van der Waals surface area contributed by atoms with E-state index in [0.717, 1.165) is 11.1 Å². The van der Waals surface area contributed by atoms with Crippen LogP contribution in [0.1, 0.15) is 11.1 Å². The molecule has 0 heterocycles. The molecule has 0 aliphatic heterocycles. The maximum Gasteiger partial charge on any atom is 0.345 e. The van der Waals surface area contributed by atoms with Gasteiger partial charge in [-0.1, -0.05) is 35.4 Å². The standard InChI is InChI=1S/C17H17ClO4/c1-11-6-7-15(21-2)12(8-11)9-16(17(19)20)22-14-5-3-4-13(18)10-14/h3-8,10,16H,9H2,1-2H3,(H,19,20)/t16-/m1/s1. The summed E-state index contributed by atoms with van der Waals surface area (Å²) in [5, 5.41) is 9.89. The van der Waals surface area contributed by atoms with Crippen molar-refractivity contribution < 1.29 is 19.4 Å². The lowest BCUT2D eigenvalue weighted by molar-refractivity contribution is -0.145. The third kappa shape index (κ3) is 4.15. The van der Waals surface area contributed by atoms with Gasteiger partial charge in [-0.2, -0.15) is 0 Å². The van der Waals surface area contributed by atoms with Crippen molar-refractivity contribution in [3.05, 3.63) is 58.6 Å². The van der Waals surface area contributed by atoms with Gasteiger partial charge in [-0.05, 0) is 36.8 Å². The highest BCUT2D eigenvalue weighted by Gasteiger charge is 2.22. The Kier molecular flexibility index (Phi) is 5.28. The summed E-state index contributed by atoms with van der Waals surface area (Å²) in [6.07, 6.45) is -0.818. The SMILES string of the molecule is COc1ccc(C)cc1C[C@@H](Oc1cccc(Cl)c1)C(=O)O. The quantitative estimate of drug-likeness (QED) is 0.881. The summed E-state index contributed by atoms with van der Waals surface area (Å²) in [5.74, 6) is 0.0293. The van der Waals surface area contributed by atoms with Gasteiger partial charge in [0.25, 0.3) is 0 Å². The summed E-state index contributed by atoms with van der Waals surface area (Å²) < 4.78 is 10.8. The second-order valence-electron chi connectivity index (χ2n) is 4.92. The van der Waals surface area contributed by atoms with Gasteiger partial charge < -0.3 is 14.6 Å².